The van der Waals surface area contributed by atoms with Crippen LogP contribution in [0.1, 0.15) is 58.3 Å². The zero-order valence-electron chi connectivity index (χ0n) is 13.0. The SMILES string of the molecule is CCC1CCCCN1C(=O)CNC1CCC(C(=O)O)CC1. The Balaban J connectivity index is 1.73. The summed E-state index contributed by atoms with van der Waals surface area (Å²) in [6.07, 6.45) is 7.69. The van der Waals surface area contributed by atoms with E-state index in [0.29, 0.717) is 18.6 Å². The van der Waals surface area contributed by atoms with Crippen molar-refractivity contribution in [2.45, 2.75) is 70.4 Å². The van der Waals surface area contributed by atoms with Gasteiger partial charge in [-0.05, 0) is 51.4 Å². The Kier molecular flexibility index (Phi) is 6.03. The molecule has 1 aliphatic carbocycles. The number of likely N-dealkylation sites (tertiary alicyclic amines) is 1. The summed E-state index contributed by atoms with van der Waals surface area (Å²) in [5.74, 6) is -0.657. The minimum absolute atomic E-state index is 0.190. The van der Waals surface area contributed by atoms with Crippen molar-refractivity contribution >= 4 is 11.9 Å². The van der Waals surface area contributed by atoms with Crippen LogP contribution in [0.4, 0.5) is 0 Å². The van der Waals surface area contributed by atoms with E-state index >= 15 is 0 Å². The van der Waals surface area contributed by atoms with Gasteiger partial charge in [-0.2, -0.15) is 0 Å². The van der Waals surface area contributed by atoms with E-state index in [2.05, 4.69) is 12.2 Å². The summed E-state index contributed by atoms with van der Waals surface area (Å²) >= 11 is 0. The normalized spacial score (nSPS) is 30.1. The molecule has 21 heavy (non-hydrogen) atoms. The molecule has 0 radical (unpaired) electrons. The molecule has 1 amide bonds. The summed E-state index contributed by atoms with van der Waals surface area (Å²) < 4.78 is 0. The van der Waals surface area contributed by atoms with Crippen LogP contribution in [0.15, 0.2) is 0 Å². The van der Waals surface area contributed by atoms with Crippen molar-refractivity contribution < 1.29 is 14.7 Å². The topological polar surface area (TPSA) is 69.6 Å². The van der Waals surface area contributed by atoms with E-state index in [1.54, 1.807) is 0 Å². The van der Waals surface area contributed by atoms with Gasteiger partial charge in [0.2, 0.25) is 5.91 Å². The molecule has 1 unspecified atom stereocenters. The Labute approximate surface area is 127 Å². The van der Waals surface area contributed by atoms with E-state index in [-0.39, 0.29) is 11.8 Å². The van der Waals surface area contributed by atoms with E-state index in [1.165, 1.54) is 6.42 Å². The molecule has 1 atom stereocenters. The lowest BCUT2D eigenvalue weighted by molar-refractivity contribution is -0.143. The fraction of sp³-hybridized carbons (Fsp3) is 0.875. The lowest BCUT2D eigenvalue weighted by Gasteiger charge is -2.36. The van der Waals surface area contributed by atoms with Crippen LogP contribution in [0.3, 0.4) is 0 Å². The van der Waals surface area contributed by atoms with Crippen LogP contribution in [-0.4, -0.2) is 47.1 Å². The number of piperidine rings is 1. The molecule has 2 aliphatic rings. The second-order valence-corrected chi connectivity index (χ2v) is 6.41. The van der Waals surface area contributed by atoms with Gasteiger partial charge >= 0.3 is 5.97 Å². The number of hydrogen-bond donors (Lipinski definition) is 2. The van der Waals surface area contributed by atoms with E-state index in [1.807, 2.05) is 4.90 Å². The van der Waals surface area contributed by atoms with Crippen LogP contribution >= 0.6 is 0 Å². The molecule has 2 rings (SSSR count). The molecule has 5 heteroatoms. The first-order valence-corrected chi connectivity index (χ1v) is 8.37. The maximum atomic E-state index is 12.4. The van der Waals surface area contributed by atoms with Crippen LogP contribution in [0.2, 0.25) is 0 Å². The molecule has 0 bridgehead atoms. The quantitative estimate of drug-likeness (QED) is 0.814. The van der Waals surface area contributed by atoms with Gasteiger partial charge in [-0.1, -0.05) is 6.92 Å². The smallest absolute Gasteiger partial charge is 0.306 e. The Bertz CT molecular complexity index is 365. The van der Waals surface area contributed by atoms with Gasteiger partial charge in [0.25, 0.3) is 0 Å². The van der Waals surface area contributed by atoms with Crippen molar-refractivity contribution in [1.29, 1.82) is 0 Å². The molecule has 0 aromatic heterocycles. The van der Waals surface area contributed by atoms with Gasteiger partial charge in [0.05, 0.1) is 12.5 Å². The van der Waals surface area contributed by atoms with Gasteiger partial charge in [0.15, 0.2) is 0 Å². The highest BCUT2D eigenvalue weighted by molar-refractivity contribution is 5.78. The number of carbonyl (C=O) groups is 2. The lowest BCUT2D eigenvalue weighted by Crippen LogP contribution is -2.48. The van der Waals surface area contributed by atoms with Gasteiger partial charge in [0, 0.05) is 18.6 Å². The molecule has 1 saturated carbocycles. The molecule has 0 spiro atoms. The molecular weight excluding hydrogens is 268 g/mol. The highest BCUT2D eigenvalue weighted by atomic mass is 16.4. The summed E-state index contributed by atoms with van der Waals surface area (Å²) in [4.78, 5) is 25.3. The molecule has 2 N–H and O–H groups in total. The van der Waals surface area contributed by atoms with E-state index in [0.717, 1.165) is 51.5 Å². The van der Waals surface area contributed by atoms with E-state index in [4.69, 9.17) is 5.11 Å². The van der Waals surface area contributed by atoms with Crippen LogP contribution in [0, 0.1) is 5.92 Å². The summed E-state index contributed by atoms with van der Waals surface area (Å²) in [7, 11) is 0. The van der Waals surface area contributed by atoms with Crippen molar-refractivity contribution in [1.82, 2.24) is 10.2 Å². The molecule has 120 valence electrons. The number of rotatable bonds is 5. The summed E-state index contributed by atoms with van der Waals surface area (Å²) in [5, 5.41) is 12.3. The number of aliphatic carboxylic acids is 1. The van der Waals surface area contributed by atoms with Crippen molar-refractivity contribution in [3.8, 4) is 0 Å². The highest BCUT2D eigenvalue weighted by Gasteiger charge is 2.28. The zero-order chi connectivity index (χ0) is 15.2. The Morgan fingerprint density at radius 3 is 2.48 bits per heavy atom. The molecule has 5 nitrogen and oxygen atoms in total. The molecule has 2 fully saturated rings. The van der Waals surface area contributed by atoms with E-state index in [9.17, 15) is 9.59 Å². The third-order valence-corrected chi connectivity index (χ3v) is 5.04. The van der Waals surface area contributed by atoms with Gasteiger partial charge in [-0.3, -0.25) is 9.59 Å². The second kappa shape index (κ2) is 7.78. The summed E-state index contributed by atoms with van der Waals surface area (Å²) in [6, 6.07) is 0.713. The number of carboxylic acids is 1. The molecular formula is C16H28N2O3. The fourth-order valence-corrected chi connectivity index (χ4v) is 3.63. The minimum Gasteiger partial charge on any atom is -0.481 e. The molecule has 1 saturated heterocycles. The first kappa shape index (κ1) is 16.3. The lowest BCUT2D eigenvalue weighted by atomic mass is 9.86. The number of carboxylic acid groups (broad SMARTS) is 1. The molecule has 1 aliphatic heterocycles. The third kappa shape index (κ3) is 4.43. The Hall–Kier alpha value is -1.10. The van der Waals surface area contributed by atoms with Crippen molar-refractivity contribution in [2.24, 2.45) is 5.92 Å². The number of nitrogens with one attached hydrogen (secondary N) is 1. The maximum absolute atomic E-state index is 12.4. The average molecular weight is 296 g/mol. The molecule has 0 aromatic rings. The predicted molar refractivity (Wildman–Crippen MR) is 81.0 cm³/mol. The fourth-order valence-electron chi connectivity index (χ4n) is 3.63. The number of hydrogen-bond acceptors (Lipinski definition) is 3. The van der Waals surface area contributed by atoms with Crippen LogP contribution < -0.4 is 5.32 Å². The van der Waals surface area contributed by atoms with Crippen LogP contribution in [0.25, 0.3) is 0 Å². The molecule has 0 aromatic carbocycles. The van der Waals surface area contributed by atoms with Crippen LogP contribution in [0.5, 0.6) is 0 Å². The average Bonchev–Trinajstić information content (AvgIpc) is 2.52. The van der Waals surface area contributed by atoms with Gasteiger partial charge in [-0.25, -0.2) is 0 Å². The predicted octanol–water partition coefficient (Wildman–Crippen LogP) is 2.01. The van der Waals surface area contributed by atoms with Crippen molar-refractivity contribution in [2.75, 3.05) is 13.1 Å². The standard InChI is InChI=1S/C16H28N2O3/c1-2-14-5-3-4-10-18(14)15(19)11-17-13-8-6-12(7-9-13)16(20)21/h12-14,17H,2-11H2,1H3,(H,20,21). The Morgan fingerprint density at radius 1 is 1.14 bits per heavy atom. The van der Waals surface area contributed by atoms with E-state index < -0.39 is 5.97 Å². The third-order valence-electron chi connectivity index (χ3n) is 5.04. The maximum Gasteiger partial charge on any atom is 0.306 e. The summed E-state index contributed by atoms with van der Waals surface area (Å²) in [6.45, 7) is 3.44. The zero-order valence-corrected chi connectivity index (χ0v) is 13.0. The highest BCUT2D eigenvalue weighted by Crippen LogP contribution is 2.24. The second-order valence-electron chi connectivity index (χ2n) is 6.41. The van der Waals surface area contributed by atoms with Gasteiger partial charge in [-0.15, -0.1) is 0 Å². The minimum atomic E-state index is -0.677. The number of nitrogens with zero attached hydrogens (tertiary/aromatic N) is 1. The molecule has 1 heterocycles. The van der Waals surface area contributed by atoms with Gasteiger partial charge < -0.3 is 15.3 Å². The van der Waals surface area contributed by atoms with Crippen LogP contribution in [-0.2, 0) is 9.59 Å². The first-order chi connectivity index (χ1) is 10.1. The van der Waals surface area contributed by atoms with Crippen molar-refractivity contribution in [3.05, 3.63) is 0 Å². The van der Waals surface area contributed by atoms with Crippen molar-refractivity contribution in [3.63, 3.8) is 0 Å². The number of amides is 1. The first-order valence-electron chi connectivity index (χ1n) is 8.37. The Morgan fingerprint density at radius 2 is 1.86 bits per heavy atom. The van der Waals surface area contributed by atoms with Gasteiger partial charge in [0.1, 0.15) is 0 Å². The largest absolute Gasteiger partial charge is 0.481 e. The monoisotopic (exact) mass is 296 g/mol. The summed E-state index contributed by atoms with van der Waals surface area (Å²) in [5.41, 5.74) is 0. The number of carbonyl (C=O) groups excluding carboxylic acids is 1.